The van der Waals surface area contributed by atoms with Crippen LogP contribution in [0.3, 0.4) is 0 Å². The van der Waals surface area contributed by atoms with E-state index in [4.69, 9.17) is 15.8 Å². The summed E-state index contributed by atoms with van der Waals surface area (Å²) < 4.78 is 0. The van der Waals surface area contributed by atoms with Crippen molar-refractivity contribution in [3.05, 3.63) is 34.4 Å². The lowest BCUT2D eigenvalue weighted by Crippen LogP contribution is -2.14. The lowest BCUT2D eigenvalue weighted by atomic mass is 9.82. The Kier molecular flexibility index (Phi) is 2.98. The minimum absolute atomic E-state index is 0.218. The summed E-state index contributed by atoms with van der Waals surface area (Å²) >= 11 is 0. The molecule has 0 heterocycles. The zero-order valence-electron chi connectivity index (χ0n) is 9.50. The normalized spacial score (nSPS) is 10.0. The Hall–Kier alpha value is -2.31. The molecule has 1 aromatic rings. The Bertz CT molecular complexity index is 543. The summed E-state index contributed by atoms with van der Waals surface area (Å²) in [6.45, 7) is 5.91. The van der Waals surface area contributed by atoms with Crippen molar-refractivity contribution < 1.29 is 0 Å². The molecule has 16 heavy (non-hydrogen) atoms. The molecule has 3 heteroatoms. The van der Waals surface area contributed by atoms with Crippen LogP contribution >= 0.6 is 0 Å². The van der Waals surface area contributed by atoms with E-state index in [0.29, 0.717) is 11.1 Å². The van der Waals surface area contributed by atoms with Crippen LogP contribution in [-0.4, -0.2) is 0 Å². The standard InChI is InChI=1S/C13H11N3/c1-13(2,3)12-5-10(7-15)9(6-14)4-11(12)8-16/h4-5H,1-3H3. The second-order valence-electron chi connectivity index (χ2n) is 4.53. The third-order valence-corrected chi connectivity index (χ3v) is 2.33. The smallest absolute Gasteiger partial charge is 0.101 e. The van der Waals surface area contributed by atoms with Gasteiger partial charge in [-0.1, -0.05) is 20.8 Å². The monoisotopic (exact) mass is 209 g/mol. The van der Waals surface area contributed by atoms with Crippen molar-refractivity contribution in [2.75, 3.05) is 0 Å². The molecule has 0 radical (unpaired) electrons. The zero-order valence-corrected chi connectivity index (χ0v) is 9.50. The van der Waals surface area contributed by atoms with E-state index in [1.807, 2.05) is 32.9 Å². The van der Waals surface area contributed by atoms with Gasteiger partial charge in [-0.3, -0.25) is 0 Å². The van der Waals surface area contributed by atoms with Gasteiger partial charge >= 0.3 is 0 Å². The summed E-state index contributed by atoms with van der Waals surface area (Å²) in [7, 11) is 0. The summed E-state index contributed by atoms with van der Waals surface area (Å²) in [4.78, 5) is 0. The number of rotatable bonds is 0. The van der Waals surface area contributed by atoms with E-state index in [1.54, 1.807) is 6.07 Å². The molecule has 0 spiro atoms. The predicted octanol–water partition coefficient (Wildman–Crippen LogP) is 2.60. The molecule has 0 aromatic heterocycles. The fourth-order valence-corrected chi connectivity index (χ4v) is 1.50. The van der Waals surface area contributed by atoms with Crippen LogP contribution in [0.15, 0.2) is 12.1 Å². The van der Waals surface area contributed by atoms with Gasteiger partial charge in [-0.2, -0.15) is 15.8 Å². The molecule has 0 aliphatic carbocycles. The largest absolute Gasteiger partial charge is 0.192 e. The van der Waals surface area contributed by atoms with Gasteiger partial charge in [0.05, 0.1) is 22.8 Å². The van der Waals surface area contributed by atoms with E-state index in [0.717, 1.165) is 5.56 Å². The fourth-order valence-electron chi connectivity index (χ4n) is 1.50. The van der Waals surface area contributed by atoms with E-state index in [1.165, 1.54) is 6.07 Å². The summed E-state index contributed by atoms with van der Waals surface area (Å²) in [5.74, 6) is 0. The minimum atomic E-state index is -0.218. The lowest BCUT2D eigenvalue weighted by Gasteiger charge is -2.20. The topological polar surface area (TPSA) is 71.4 Å². The van der Waals surface area contributed by atoms with E-state index in [2.05, 4.69) is 6.07 Å². The van der Waals surface area contributed by atoms with Crippen LogP contribution in [0.1, 0.15) is 43.0 Å². The van der Waals surface area contributed by atoms with Gasteiger partial charge in [0.2, 0.25) is 0 Å². The highest BCUT2D eigenvalue weighted by Gasteiger charge is 2.20. The van der Waals surface area contributed by atoms with Gasteiger partial charge < -0.3 is 0 Å². The number of benzene rings is 1. The number of hydrogen-bond donors (Lipinski definition) is 0. The van der Waals surface area contributed by atoms with Crippen molar-refractivity contribution in [3.8, 4) is 18.2 Å². The van der Waals surface area contributed by atoms with Crippen molar-refractivity contribution in [2.45, 2.75) is 26.2 Å². The van der Waals surface area contributed by atoms with E-state index < -0.39 is 0 Å². The molecular formula is C13H11N3. The average Bonchev–Trinajstić information content (AvgIpc) is 2.25. The molecule has 78 valence electrons. The Morgan fingerprint density at radius 3 is 1.62 bits per heavy atom. The van der Waals surface area contributed by atoms with Gasteiger partial charge in [-0.25, -0.2) is 0 Å². The van der Waals surface area contributed by atoms with Crippen LogP contribution in [0.4, 0.5) is 0 Å². The number of nitrogens with zero attached hydrogens (tertiary/aromatic N) is 3. The molecule has 0 aliphatic heterocycles. The van der Waals surface area contributed by atoms with Crippen molar-refractivity contribution in [1.82, 2.24) is 0 Å². The van der Waals surface area contributed by atoms with Crippen molar-refractivity contribution in [1.29, 1.82) is 15.8 Å². The van der Waals surface area contributed by atoms with Gasteiger partial charge in [-0.05, 0) is 23.1 Å². The van der Waals surface area contributed by atoms with Crippen LogP contribution in [0.5, 0.6) is 0 Å². The second-order valence-corrected chi connectivity index (χ2v) is 4.53. The summed E-state index contributed by atoms with van der Waals surface area (Å²) in [5.41, 5.74) is 1.62. The maximum Gasteiger partial charge on any atom is 0.101 e. The highest BCUT2D eigenvalue weighted by Crippen LogP contribution is 2.28. The lowest BCUT2D eigenvalue weighted by molar-refractivity contribution is 0.588. The first kappa shape index (κ1) is 11.8. The summed E-state index contributed by atoms with van der Waals surface area (Å²) in [6, 6.07) is 9.09. The quantitative estimate of drug-likeness (QED) is 0.659. The first-order chi connectivity index (χ1) is 7.43. The molecule has 0 bridgehead atoms. The van der Waals surface area contributed by atoms with Crippen LogP contribution in [-0.2, 0) is 5.41 Å². The summed E-state index contributed by atoms with van der Waals surface area (Å²) in [6.07, 6.45) is 0. The second kappa shape index (κ2) is 4.05. The SMILES string of the molecule is CC(C)(C)c1cc(C#N)c(C#N)cc1C#N. The Morgan fingerprint density at radius 2 is 1.25 bits per heavy atom. The molecule has 0 aliphatic rings. The van der Waals surface area contributed by atoms with Crippen molar-refractivity contribution >= 4 is 0 Å². The van der Waals surface area contributed by atoms with Gasteiger partial charge in [0.15, 0.2) is 0 Å². The summed E-state index contributed by atoms with van der Waals surface area (Å²) in [5, 5.41) is 26.8. The highest BCUT2D eigenvalue weighted by molar-refractivity contribution is 5.55. The molecule has 0 fully saturated rings. The number of hydrogen-bond acceptors (Lipinski definition) is 3. The molecule has 1 aromatic carbocycles. The zero-order chi connectivity index (χ0) is 12.3. The molecule has 0 N–H and O–H groups in total. The van der Waals surface area contributed by atoms with E-state index >= 15 is 0 Å². The first-order valence-electron chi connectivity index (χ1n) is 4.83. The minimum Gasteiger partial charge on any atom is -0.192 e. The molecule has 0 unspecified atom stereocenters. The van der Waals surface area contributed by atoms with Crippen LogP contribution in [0.25, 0.3) is 0 Å². The average molecular weight is 209 g/mol. The van der Waals surface area contributed by atoms with Gasteiger partial charge in [0.25, 0.3) is 0 Å². The van der Waals surface area contributed by atoms with Gasteiger partial charge in [0, 0.05) is 0 Å². The number of nitriles is 3. The first-order valence-corrected chi connectivity index (χ1v) is 4.83. The molecule has 0 amide bonds. The molecule has 1 rings (SSSR count). The molecule has 0 saturated heterocycles. The van der Waals surface area contributed by atoms with Gasteiger partial charge in [0.1, 0.15) is 12.1 Å². The maximum absolute atomic E-state index is 9.02. The fraction of sp³-hybridized carbons (Fsp3) is 0.308. The Morgan fingerprint density at radius 1 is 0.812 bits per heavy atom. The highest BCUT2D eigenvalue weighted by atomic mass is 14.3. The van der Waals surface area contributed by atoms with Crippen LogP contribution in [0.2, 0.25) is 0 Å². The van der Waals surface area contributed by atoms with Crippen molar-refractivity contribution in [3.63, 3.8) is 0 Å². The molecule has 0 saturated carbocycles. The maximum atomic E-state index is 9.02. The van der Waals surface area contributed by atoms with Gasteiger partial charge in [-0.15, -0.1) is 0 Å². The van der Waals surface area contributed by atoms with Crippen LogP contribution in [0, 0.1) is 34.0 Å². The predicted molar refractivity (Wildman–Crippen MR) is 59.3 cm³/mol. The van der Waals surface area contributed by atoms with E-state index in [-0.39, 0.29) is 11.0 Å². The molecular weight excluding hydrogens is 198 g/mol. The van der Waals surface area contributed by atoms with E-state index in [9.17, 15) is 0 Å². The van der Waals surface area contributed by atoms with Crippen LogP contribution < -0.4 is 0 Å². The molecule has 3 nitrogen and oxygen atoms in total. The third-order valence-electron chi connectivity index (χ3n) is 2.33. The molecule has 0 atom stereocenters. The Labute approximate surface area is 95.2 Å². The van der Waals surface area contributed by atoms with Crippen molar-refractivity contribution in [2.24, 2.45) is 0 Å². The Balaban J connectivity index is 3.62. The third kappa shape index (κ3) is 2.02.